The summed E-state index contributed by atoms with van der Waals surface area (Å²) in [6, 6.07) is 6.43. The van der Waals surface area contributed by atoms with Crippen molar-refractivity contribution in [3.8, 4) is 0 Å². The molecule has 0 aromatic heterocycles. The van der Waals surface area contributed by atoms with Gasteiger partial charge in [-0.25, -0.2) is 0 Å². The maximum atomic E-state index is 12.5. The monoisotopic (exact) mass is 435 g/mol. The molecule has 1 aliphatic heterocycles. The molecule has 2 saturated carbocycles. The van der Waals surface area contributed by atoms with Crippen molar-refractivity contribution < 1.29 is 28.7 Å². The smallest absolute Gasteiger partial charge is 0.310 e. The average Bonchev–Trinajstić information content (AvgIpc) is 3.24. The lowest BCUT2D eigenvalue weighted by Gasteiger charge is -2.26. The van der Waals surface area contributed by atoms with Crippen LogP contribution in [0.4, 0.5) is 5.69 Å². The molecule has 1 aromatic rings. The molecule has 2 bridgehead atoms. The van der Waals surface area contributed by atoms with Gasteiger partial charge in [0.05, 0.1) is 16.7 Å². The molecule has 27 heavy (non-hydrogen) atoms. The Morgan fingerprint density at radius 1 is 1.22 bits per heavy atom. The van der Waals surface area contributed by atoms with Crippen molar-refractivity contribution in [1.82, 2.24) is 0 Å². The van der Waals surface area contributed by atoms with Crippen molar-refractivity contribution in [3.63, 3.8) is 0 Å². The summed E-state index contributed by atoms with van der Waals surface area (Å²) in [5.41, 5.74) is 1.05. The number of rotatable bonds is 5. The number of nitrogens with one attached hydrogen (secondary N) is 1. The minimum Gasteiger partial charge on any atom is -0.461 e. The highest BCUT2D eigenvalue weighted by Crippen LogP contribution is 2.60. The predicted molar refractivity (Wildman–Crippen MR) is 97.2 cm³/mol. The molecule has 1 heterocycles. The molecule has 1 saturated heterocycles. The van der Waals surface area contributed by atoms with E-state index in [1.165, 1.54) is 6.92 Å². The van der Waals surface area contributed by atoms with E-state index in [9.17, 15) is 19.2 Å². The van der Waals surface area contributed by atoms with E-state index in [0.29, 0.717) is 11.3 Å². The van der Waals surface area contributed by atoms with Gasteiger partial charge in [-0.2, -0.15) is 0 Å². The van der Waals surface area contributed by atoms with E-state index in [0.717, 1.165) is 6.42 Å². The summed E-state index contributed by atoms with van der Waals surface area (Å²) < 4.78 is 10.6. The molecule has 0 unspecified atom stereocenters. The minimum atomic E-state index is -0.562. The molecule has 7 nitrogen and oxygen atoms in total. The number of carbonyl (C=O) groups excluding carboxylic acids is 4. The summed E-state index contributed by atoms with van der Waals surface area (Å²) in [5, 5.41) is 2.61. The Bertz CT molecular complexity index is 822. The zero-order chi connectivity index (χ0) is 19.3. The topological polar surface area (TPSA) is 98.8 Å². The van der Waals surface area contributed by atoms with Crippen LogP contribution in [0.1, 0.15) is 23.7 Å². The number of anilines is 1. The highest BCUT2D eigenvalue weighted by molar-refractivity contribution is 9.09. The Balaban J connectivity index is 1.33. The second-order valence-corrected chi connectivity index (χ2v) is 8.31. The van der Waals surface area contributed by atoms with Crippen LogP contribution in [0.2, 0.25) is 0 Å². The van der Waals surface area contributed by atoms with Gasteiger partial charge in [0.15, 0.2) is 12.4 Å². The Morgan fingerprint density at radius 2 is 1.93 bits per heavy atom. The summed E-state index contributed by atoms with van der Waals surface area (Å²) in [5.74, 6) is -2.39. The average molecular weight is 436 g/mol. The first-order valence-corrected chi connectivity index (χ1v) is 9.70. The number of halogens is 1. The van der Waals surface area contributed by atoms with Crippen LogP contribution in [0.5, 0.6) is 0 Å². The van der Waals surface area contributed by atoms with Gasteiger partial charge in [0.1, 0.15) is 6.10 Å². The number of fused-ring (bicyclic) bond motifs is 1. The molecule has 4 rings (SSSR count). The summed E-state index contributed by atoms with van der Waals surface area (Å²) in [4.78, 5) is 47.8. The van der Waals surface area contributed by atoms with Crippen molar-refractivity contribution in [2.45, 2.75) is 24.3 Å². The van der Waals surface area contributed by atoms with Gasteiger partial charge in [0.25, 0.3) is 5.91 Å². The minimum absolute atomic E-state index is 0.00821. The van der Waals surface area contributed by atoms with Gasteiger partial charge in [0, 0.05) is 17.2 Å². The number of alkyl halides is 1. The zero-order valence-corrected chi connectivity index (χ0v) is 16.1. The fraction of sp³-hybridized carbons (Fsp3) is 0.474. The largest absolute Gasteiger partial charge is 0.461 e. The van der Waals surface area contributed by atoms with Gasteiger partial charge < -0.3 is 14.8 Å². The number of ether oxygens (including phenoxy) is 2. The first-order valence-electron chi connectivity index (χ1n) is 8.79. The number of carbonyl (C=O) groups is 4. The summed E-state index contributed by atoms with van der Waals surface area (Å²) >= 11 is 3.54. The number of Topliss-reactive ketones (excluding diaryl/α,β-unsaturated/α-hetero) is 1. The SMILES string of the molecule is CC(=O)c1ccc(NC(=O)COC(=O)[C@@H]2[C@H]3C[C@H]4[C@H](OC(=O)[C@@H]42)[C@@H]3Br)cc1. The van der Waals surface area contributed by atoms with Crippen LogP contribution in [0.15, 0.2) is 24.3 Å². The van der Waals surface area contributed by atoms with Crippen LogP contribution in [0.3, 0.4) is 0 Å². The van der Waals surface area contributed by atoms with Crippen molar-refractivity contribution in [2.75, 3.05) is 11.9 Å². The van der Waals surface area contributed by atoms with Crippen LogP contribution in [0, 0.1) is 23.7 Å². The first-order chi connectivity index (χ1) is 12.9. The molecule has 1 N–H and O–H groups in total. The molecule has 2 aliphatic carbocycles. The van der Waals surface area contributed by atoms with Crippen LogP contribution in [-0.2, 0) is 23.9 Å². The first kappa shape index (κ1) is 18.2. The van der Waals surface area contributed by atoms with Gasteiger partial charge in [0.2, 0.25) is 0 Å². The van der Waals surface area contributed by atoms with Crippen molar-refractivity contribution in [1.29, 1.82) is 0 Å². The second-order valence-electron chi connectivity index (χ2n) is 7.25. The molecule has 142 valence electrons. The van der Waals surface area contributed by atoms with E-state index in [4.69, 9.17) is 9.47 Å². The normalized spacial score (nSPS) is 32.9. The third-order valence-corrected chi connectivity index (χ3v) is 6.92. The number of benzene rings is 1. The van der Waals surface area contributed by atoms with Crippen molar-refractivity contribution >= 4 is 45.2 Å². The van der Waals surface area contributed by atoms with Crippen LogP contribution < -0.4 is 5.32 Å². The standard InChI is InChI=1S/C19H18BrNO6/c1-8(22)9-2-4-10(5-3-9)21-13(23)7-26-18(24)14-11-6-12-15(14)19(25)27-17(12)16(11)20/h2-5,11-12,14-17H,6-7H2,1H3,(H,21,23)/t11-,12-,14-,15+,16-,17+/m1/s1. The van der Waals surface area contributed by atoms with Gasteiger partial charge in [-0.1, -0.05) is 15.9 Å². The van der Waals surface area contributed by atoms with Crippen LogP contribution in [-0.4, -0.2) is 41.2 Å². The van der Waals surface area contributed by atoms with Gasteiger partial charge in [-0.05, 0) is 43.5 Å². The van der Waals surface area contributed by atoms with E-state index < -0.39 is 30.3 Å². The lowest BCUT2D eigenvalue weighted by atomic mass is 9.80. The highest BCUT2D eigenvalue weighted by atomic mass is 79.9. The molecule has 0 spiro atoms. The third kappa shape index (κ3) is 3.05. The van der Waals surface area contributed by atoms with Crippen LogP contribution >= 0.6 is 15.9 Å². The number of hydrogen-bond acceptors (Lipinski definition) is 6. The Kier molecular flexibility index (Phi) is 4.53. The zero-order valence-electron chi connectivity index (χ0n) is 14.5. The molecule has 1 aromatic carbocycles. The lowest BCUT2D eigenvalue weighted by Crippen LogP contribution is -2.39. The lowest BCUT2D eigenvalue weighted by molar-refractivity contribution is -0.157. The summed E-state index contributed by atoms with van der Waals surface area (Å²) in [7, 11) is 0. The molecule has 8 heteroatoms. The summed E-state index contributed by atoms with van der Waals surface area (Å²) in [6.45, 7) is 1.03. The molecular formula is C19H18BrNO6. The second kappa shape index (κ2) is 6.74. The Hall–Kier alpha value is -2.22. The molecule has 1 amide bonds. The van der Waals surface area contributed by atoms with Crippen LogP contribution in [0.25, 0.3) is 0 Å². The molecule has 6 atom stereocenters. The number of amides is 1. The predicted octanol–water partition coefficient (Wildman–Crippen LogP) is 1.94. The van der Waals surface area contributed by atoms with Gasteiger partial charge in [-0.3, -0.25) is 19.2 Å². The molecule has 3 aliphatic rings. The Morgan fingerprint density at radius 3 is 2.59 bits per heavy atom. The maximum absolute atomic E-state index is 12.5. The highest BCUT2D eigenvalue weighted by Gasteiger charge is 2.68. The summed E-state index contributed by atoms with van der Waals surface area (Å²) in [6.07, 6.45) is 0.601. The van der Waals surface area contributed by atoms with Crippen molar-refractivity contribution in [3.05, 3.63) is 29.8 Å². The fourth-order valence-electron chi connectivity index (χ4n) is 4.51. The number of esters is 2. The van der Waals surface area contributed by atoms with Crippen molar-refractivity contribution in [2.24, 2.45) is 23.7 Å². The molecular weight excluding hydrogens is 418 g/mol. The van der Waals surface area contributed by atoms with E-state index >= 15 is 0 Å². The number of hydrogen-bond donors (Lipinski definition) is 1. The van der Waals surface area contributed by atoms with Gasteiger partial charge in [-0.15, -0.1) is 0 Å². The Labute approximate surface area is 163 Å². The fourth-order valence-corrected chi connectivity index (χ4v) is 5.56. The molecule has 0 radical (unpaired) electrons. The molecule has 3 fully saturated rings. The maximum Gasteiger partial charge on any atom is 0.310 e. The van der Waals surface area contributed by atoms with E-state index in [1.807, 2.05) is 0 Å². The number of ketones is 1. The van der Waals surface area contributed by atoms with Gasteiger partial charge >= 0.3 is 11.9 Å². The van der Waals surface area contributed by atoms with E-state index in [2.05, 4.69) is 21.2 Å². The van der Waals surface area contributed by atoms with E-state index in [1.54, 1.807) is 24.3 Å². The third-order valence-electron chi connectivity index (χ3n) is 5.72. The van der Waals surface area contributed by atoms with E-state index in [-0.39, 0.29) is 34.5 Å². The quantitative estimate of drug-likeness (QED) is 0.431.